The molecule has 0 aromatic heterocycles. The standard InChI is InChI=1S/C17H17BrN2O2.C9H10BrCl.C8H11NO/c1-22-16-4-2-3-13(11-16)12-19-9-10-20(17(19)21)15-7-5-14(18)6-8-15;10-9-5-3-8(4-6-9)2-1-7-11;1-10-8-4-2-3-7(5-8)6-9/h2-8,11H,9-10,12H2,1H3;3-6H,1-2,7H2;2-5H,6,9H2,1H3. The molecule has 43 heavy (non-hydrogen) atoms. The number of methoxy groups -OCH3 is 2. The summed E-state index contributed by atoms with van der Waals surface area (Å²) in [5.74, 6) is 2.42. The van der Waals surface area contributed by atoms with Crippen LogP contribution in [0.2, 0.25) is 0 Å². The monoisotopic (exact) mass is 729 g/mol. The van der Waals surface area contributed by atoms with Gasteiger partial charge in [-0.05, 0) is 90.2 Å². The van der Waals surface area contributed by atoms with E-state index in [9.17, 15) is 4.79 Å². The second-order valence-corrected chi connectivity index (χ2v) is 11.9. The summed E-state index contributed by atoms with van der Waals surface area (Å²) in [5, 5.41) is 0. The quantitative estimate of drug-likeness (QED) is 0.175. The molecule has 1 saturated heterocycles. The Labute approximate surface area is 277 Å². The van der Waals surface area contributed by atoms with Gasteiger partial charge in [-0.2, -0.15) is 0 Å². The van der Waals surface area contributed by atoms with E-state index < -0.39 is 0 Å². The maximum atomic E-state index is 12.6. The van der Waals surface area contributed by atoms with E-state index in [2.05, 4.69) is 56.1 Å². The number of benzene rings is 4. The second kappa shape index (κ2) is 18.6. The first kappa shape index (κ1) is 34.5. The first-order valence-corrected chi connectivity index (χ1v) is 16.1. The summed E-state index contributed by atoms with van der Waals surface area (Å²) in [6.07, 6.45) is 2.14. The number of nitrogens with zero attached hydrogens (tertiary/aromatic N) is 2. The van der Waals surface area contributed by atoms with Crippen molar-refractivity contribution in [2.24, 2.45) is 5.73 Å². The SMILES string of the molecule is COc1cccc(CN)c1.COc1cccc(CN2CCN(c3ccc(Br)cc3)C2=O)c1.ClCCCc1ccc(Br)cc1. The molecule has 0 bridgehead atoms. The number of anilines is 1. The molecule has 1 aliphatic rings. The molecular formula is C34H38Br2ClN3O3. The number of carbonyl (C=O) groups is 1. The minimum absolute atomic E-state index is 0.0464. The minimum Gasteiger partial charge on any atom is -0.497 e. The zero-order chi connectivity index (χ0) is 31.0. The fraction of sp³-hybridized carbons (Fsp3) is 0.265. The third-order valence-electron chi connectivity index (χ3n) is 6.62. The number of urea groups is 1. The lowest BCUT2D eigenvalue weighted by Crippen LogP contribution is -2.31. The Balaban J connectivity index is 0.000000201. The average Bonchev–Trinajstić information content (AvgIpc) is 3.41. The van der Waals surface area contributed by atoms with Gasteiger partial charge in [0.25, 0.3) is 0 Å². The van der Waals surface area contributed by atoms with Crippen LogP contribution in [0.3, 0.4) is 0 Å². The molecule has 0 aliphatic carbocycles. The van der Waals surface area contributed by atoms with Crippen LogP contribution in [0.1, 0.15) is 23.1 Å². The molecule has 2 amide bonds. The van der Waals surface area contributed by atoms with E-state index in [1.807, 2.05) is 82.6 Å². The number of carbonyl (C=O) groups excluding carboxylic acids is 1. The summed E-state index contributed by atoms with van der Waals surface area (Å²) in [4.78, 5) is 16.2. The van der Waals surface area contributed by atoms with Crippen molar-refractivity contribution in [3.63, 3.8) is 0 Å². The van der Waals surface area contributed by atoms with Gasteiger partial charge in [0, 0.05) is 46.7 Å². The Hall–Kier alpha value is -3.04. The first-order chi connectivity index (χ1) is 20.9. The number of amides is 2. The van der Waals surface area contributed by atoms with Crippen LogP contribution in [0, 0.1) is 0 Å². The molecule has 1 fully saturated rings. The Morgan fingerprint density at radius 1 is 0.767 bits per heavy atom. The van der Waals surface area contributed by atoms with Gasteiger partial charge in [0.15, 0.2) is 0 Å². The van der Waals surface area contributed by atoms with Crippen LogP contribution in [-0.4, -0.2) is 44.1 Å². The molecular weight excluding hydrogens is 694 g/mol. The molecule has 5 rings (SSSR count). The van der Waals surface area contributed by atoms with Crippen LogP contribution < -0.4 is 20.1 Å². The normalized spacial score (nSPS) is 12.2. The molecule has 228 valence electrons. The van der Waals surface area contributed by atoms with Crippen LogP contribution in [0.5, 0.6) is 11.5 Å². The molecule has 4 aromatic carbocycles. The first-order valence-electron chi connectivity index (χ1n) is 13.9. The van der Waals surface area contributed by atoms with Crippen molar-refractivity contribution in [3.8, 4) is 11.5 Å². The van der Waals surface area contributed by atoms with Crippen LogP contribution in [-0.2, 0) is 19.5 Å². The van der Waals surface area contributed by atoms with Crippen molar-refractivity contribution in [2.45, 2.75) is 25.9 Å². The fourth-order valence-electron chi connectivity index (χ4n) is 4.30. The van der Waals surface area contributed by atoms with Gasteiger partial charge in [0.05, 0.1) is 14.2 Å². The maximum Gasteiger partial charge on any atom is 0.324 e. The Kier molecular flexibility index (Phi) is 14.9. The van der Waals surface area contributed by atoms with Crippen LogP contribution in [0.15, 0.2) is 106 Å². The molecule has 1 heterocycles. The van der Waals surface area contributed by atoms with Gasteiger partial charge in [-0.15, -0.1) is 11.6 Å². The molecule has 0 saturated carbocycles. The zero-order valence-corrected chi connectivity index (χ0v) is 28.4. The summed E-state index contributed by atoms with van der Waals surface area (Å²) >= 11 is 12.4. The fourth-order valence-corrected chi connectivity index (χ4v) is 4.96. The lowest BCUT2D eigenvalue weighted by molar-refractivity contribution is 0.218. The van der Waals surface area contributed by atoms with Crippen molar-refractivity contribution >= 4 is 55.2 Å². The highest BCUT2D eigenvalue weighted by Gasteiger charge is 2.29. The van der Waals surface area contributed by atoms with Gasteiger partial charge >= 0.3 is 6.03 Å². The van der Waals surface area contributed by atoms with Crippen molar-refractivity contribution in [1.82, 2.24) is 4.90 Å². The van der Waals surface area contributed by atoms with E-state index >= 15 is 0 Å². The molecule has 2 N–H and O–H groups in total. The number of hydrogen-bond donors (Lipinski definition) is 1. The lowest BCUT2D eigenvalue weighted by Gasteiger charge is -2.19. The van der Waals surface area contributed by atoms with E-state index in [0.29, 0.717) is 19.6 Å². The zero-order valence-electron chi connectivity index (χ0n) is 24.5. The predicted molar refractivity (Wildman–Crippen MR) is 184 cm³/mol. The van der Waals surface area contributed by atoms with Crippen molar-refractivity contribution in [2.75, 3.05) is 38.1 Å². The highest BCUT2D eigenvalue weighted by Crippen LogP contribution is 2.24. The van der Waals surface area contributed by atoms with E-state index in [1.165, 1.54) is 5.56 Å². The van der Waals surface area contributed by atoms with Gasteiger partial charge in [-0.1, -0.05) is 68.3 Å². The molecule has 6 nitrogen and oxygen atoms in total. The molecule has 9 heteroatoms. The molecule has 4 aromatic rings. The van der Waals surface area contributed by atoms with E-state index in [1.54, 1.807) is 14.2 Å². The summed E-state index contributed by atoms with van der Waals surface area (Å²) in [6, 6.07) is 31.8. The lowest BCUT2D eigenvalue weighted by atomic mass is 10.1. The summed E-state index contributed by atoms with van der Waals surface area (Å²) in [5.41, 5.74) is 9.88. The van der Waals surface area contributed by atoms with Gasteiger partial charge in [0.2, 0.25) is 0 Å². The number of alkyl halides is 1. The molecule has 0 radical (unpaired) electrons. The molecule has 0 atom stereocenters. The van der Waals surface area contributed by atoms with Gasteiger partial charge in [-0.3, -0.25) is 4.90 Å². The average molecular weight is 732 g/mol. The van der Waals surface area contributed by atoms with Gasteiger partial charge < -0.3 is 20.1 Å². The number of aryl methyl sites for hydroxylation is 1. The number of nitrogens with two attached hydrogens (primary N) is 1. The Bertz CT molecular complexity index is 1390. The van der Waals surface area contributed by atoms with Crippen molar-refractivity contribution in [1.29, 1.82) is 0 Å². The minimum atomic E-state index is 0.0464. The smallest absolute Gasteiger partial charge is 0.324 e. The predicted octanol–water partition coefficient (Wildman–Crippen LogP) is 8.67. The Morgan fingerprint density at radius 2 is 1.33 bits per heavy atom. The highest BCUT2D eigenvalue weighted by atomic mass is 79.9. The van der Waals surface area contributed by atoms with Gasteiger partial charge in [-0.25, -0.2) is 4.79 Å². The van der Waals surface area contributed by atoms with Gasteiger partial charge in [0.1, 0.15) is 11.5 Å². The summed E-state index contributed by atoms with van der Waals surface area (Å²) in [7, 11) is 3.30. The van der Waals surface area contributed by atoms with Crippen molar-refractivity contribution in [3.05, 3.63) is 123 Å². The van der Waals surface area contributed by atoms with E-state index in [-0.39, 0.29) is 6.03 Å². The largest absolute Gasteiger partial charge is 0.497 e. The Morgan fingerprint density at radius 3 is 1.88 bits per heavy atom. The number of halogens is 3. The third-order valence-corrected chi connectivity index (χ3v) is 7.95. The third kappa shape index (κ3) is 11.5. The topological polar surface area (TPSA) is 68.0 Å². The number of ether oxygens (including phenoxy) is 2. The maximum absolute atomic E-state index is 12.6. The molecule has 0 unspecified atom stereocenters. The number of rotatable bonds is 9. The van der Waals surface area contributed by atoms with E-state index in [0.717, 1.165) is 62.5 Å². The summed E-state index contributed by atoms with van der Waals surface area (Å²) in [6.45, 7) is 2.61. The van der Waals surface area contributed by atoms with Crippen LogP contribution in [0.4, 0.5) is 10.5 Å². The molecule has 1 aliphatic heterocycles. The second-order valence-electron chi connectivity index (χ2n) is 9.66. The van der Waals surface area contributed by atoms with Crippen LogP contribution in [0.25, 0.3) is 0 Å². The van der Waals surface area contributed by atoms with Crippen LogP contribution >= 0.6 is 43.5 Å². The number of hydrogen-bond acceptors (Lipinski definition) is 4. The van der Waals surface area contributed by atoms with Crippen molar-refractivity contribution < 1.29 is 14.3 Å². The molecule has 0 spiro atoms. The van der Waals surface area contributed by atoms with E-state index in [4.69, 9.17) is 26.8 Å². The summed E-state index contributed by atoms with van der Waals surface area (Å²) < 4.78 is 12.4. The highest BCUT2D eigenvalue weighted by molar-refractivity contribution is 9.10.